The third kappa shape index (κ3) is 3.31. The van der Waals surface area contributed by atoms with Crippen LogP contribution >= 0.6 is 0 Å². The maximum Gasteiger partial charge on any atom is 0.253 e. The maximum absolute atomic E-state index is 11.4. The summed E-state index contributed by atoms with van der Waals surface area (Å²) in [4.78, 5) is 47.9. The molecule has 2 heterocycles. The number of carbonyl (C=O) groups excluding carboxylic acids is 4. The van der Waals surface area contributed by atoms with Crippen LogP contribution in [0, 0.1) is 0 Å². The fourth-order valence-electron chi connectivity index (χ4n) is 2.42. The van der Waals surface area contributed by atoms with Crippen LogP contribution in [0.5, 0.6) is 0 Å². The Hall–Kier alpha value is -1.98. The SMILES string of the molecule is O=C1C=CC(=O)N1CCCCCCN1C(=O)CCC1=O. The van der Waals surface area contributed by atoms with Gasteiger partial charge < -0.3 is 0 Å². The Balaban J connectivity index is 1.56. The first kappa shape index (κ1) is 14.4. The molecule has 0 saturated carbocycles. The van der Waals surface area contributed by atoms with Gasteiger partial charge in [0.1, 0.15) is 0 Å². The molecule has 0 aromatic heterocycles. The number of hydrogen-bond donors (Lipinski definition) is 0. The molecule has 108 valence electrons. The van der Waals surface area contributed by atoms with Crippen molar-refractivity contribution in [3.63, 3.8) is 0 Å². The molecular weight excluding hydrogens is 260 g/mol. The zero-order valence-corrected chi connectivity index (χ0v) is 11.3. The molecule has 2 aliphatic rings. The molecule has 0 aromatic rings. The van der Waals surface area contributed by atoms with Gasteiger partial charge in [0.05, 0.1) is 0 Å². The van der Waals surface area contributed by atoms with E-state index < -0.39 is 0 Å². The van der Waals surface area contributed by atoms with E-state index >= 15 is 0 Å². The van der Waals surface area contributed by atoms with Gasteiger partial charge in [-0.2, -0.15) is 0 Å². The predicted octanol–water partition coefficient (Wildman–Crippen LogP) is 0.621. The summed E-state index contributed by atoms with van der Waals surface area (Å²) in [6.07, 6.45) is 6.52. The molecule has 0 spiro atoms. The molecule has 2 aliphatic heterocycles. The molecule has 0 aromatic carbocycles. The lowest BCUT2D eigenvalue weighted by molar-refractivity contribution is -0.139. The molecule has 6 nitrogen and oxygen atoms in total. The summed E-state index contributed by atoms with van der Waals surface area (Å²) in [6.45, 7) is 0.924. The molecule has 2 rings (SSSR count). The summed E-state index contributed by atoms with van der Waals surface area (Å²) in [5.41, 5.74) is 0. The molecule has 1 saturated heterocycles. The van der Waals surface area contributed by atoms with Crippen molar-refractivity contribution in [2.75, 3.05) is 13.1 Å². The van der Waals surface area contributed by atoms with Crippen LogP contribution in [-0.4, -0.2) is 46.5 Å². The molecule has 4 amide bonds. The molecule has 1 fully saturated rings. The van der Waals surface area contributed by atoms with Crippen molar-refractivity contribution < 1.29 is 19.2 Å². The lowest BCUT2D eigenvalue weighted by Crippen LogP contribution is -2.31. The van der Waals surface area contributed by atoms with Crippen molar-refractivity contribution in [3.05, 3.63) is 12.2 Å². The summed E-state index contributed by atoms with van der Waals surface area (Å²) in [5, 5.41) is 0. The van der Waals surface area contributed by atoms with Crippen molar-refractivity contribution >= 4 is 23.6 Å². The number of imide groups is 2. The smallest absolute Gasteiger partial charge is 0.253 e. The van der Waals surface area contributed by atoms with Crippen molar-refractivity contribution in [1.29, 1.82) is 0 Å². The van der Waals surface area contributed by atoms with E-state index in [1.54, 1.807) is 0 Å². The van der Waals surface area contributed by atoms with Crippen LogP contribution in [0.3, 0.4) is 0 Å². The summed E-state index contributed by atoms with van der Waals surface area (Å²) < 4.78 is 0. The Morgan fingerprint density at radius 1 is 0.700 bits per heavy atom. The third-order valence-corrected chi connectivity index (χ3v) is 3.57. The number of amides is 4. The third-order valence-electron chi connectivity index (χ3n) is 3.57. The quantitative estimate of drug-likeness (QED) is 0.505. The van der Waals surface area contributed by atoms with E-state index in [0.29, 0.717) is 25.9 Å². The molecule has 0 N–H and O–H groups in total. The first-order chi connectivity index (χ1) is 9.59. The van der Waals surface area contributed by atoms with Crippen LogP contribution in [0.15, 0.2) is 12.2 Å². The van der Waals surface area contributed by atoms with Crippen LogP contribution in [0.4, 0.5) is 0 Å². The predicted molar refractivity (Wildman–Crippen MR) is 70.3 cm³/mol. The zero-order valence-electron chi connectivity index (χ0n) is 11.3. The fourth-order valence-corrected chi connectivity index (χ4v) is 2.42. The minimum Gasteiger partial charge on any atom is -0.283 e. The molecule has 20 heavy (non-hydrogen) atoms. The molecular formula is C14H18N2O4. The highest BCUT2D eigenvalue weighted by Gasteiger charge is 2.27. The standard InChI is InChI=1S/C14H18N2O4/c17-11-5-6-12(18)15(11)9-3-1-2-4-10-16-13(19)7-8-14(16)20/h5-6H,1-4,7-10H2. The van der Waals surface area contributed by atoms with Gasteiger partial charge in [-0.1, -0.05) is 12.8 Å². The highest BCUT2D eigenvalue weighted by molar-refractivity contribution is 6.12. The minimum atomic E-state index is -0.247. The summed E-state index contributed by atoms with van der Waals surface area (Å²) >= 11 is 0. The van der Waals surface area contributed by atoms with Crippen LogP contribution < -0.4 is 0 Å². The molecule has 0 bridgehead atoms. The Morgan fingerprint density at radius 3 is 1.65 bits per heavy atom. The summed E-state index contributed by atoms with van der Waals surface area (Å²) in [5.74, 6) is -0.643. The maximum atomic E-state index is 11.4. The lowest BCUT2D eigenvalue weighted by atomic mass is 10.2. The van der Waals surface area contributed by atoms with Gasteiger partial charge in [-0.15, -0.1) is 0 Å². The largest absolute Gasteiger partial charge is 0.283 e. The first-order valence-corrected chi connectivity index (χ1v) is 6.96. The average Bonchev–Trinajstić information content (AvgIpc) is 2.90. The Bertz CT molecular complexity index is 430. The number of rotatable bonds is 7. The van der Waals surface area contributed by atoms with E-state index in [-0.39, 0.29) is 23.6 Å². The number of likely N-dealkylation sites (tertiary alicyclic amines) is 1. The zero-order chi connectivity index (χ0) is 14.5. The van der Waals surface area contributed by atoms with Crippen LogP contribution in [0.2, 0.25) is 0 Å². The van der Waals surface area contributed by atoms with Crippen LogP contribution in [0.1, 0.15) is 38.5 Å². The van der Waals surface area contributed by atoms with Gasteiger partial charge in [-0.3, -0.25) is 29.0 Å². The van der Waals surface area contributed by atoms with Gasteiger partial charge >= 0.3 is 0 Å². The van der Waals surface area contributed by atoms with E-state index in [0.717, 1.165) is 25.7 Å². The monoisotopic (exact) mass is 278 g/mol. The highest BCUT2D eigenvalue weighted by atomic mass is 16.2. The number of carbonyl (C=O) groups is 4. The van der Waals surface area contributed by atoms with E-state index in [4.69, 9.17) is 0 Å². The second-order valence-electron chi connectivity index (χ2n) is 5.01. The van der Waals surface area contributed by atoms with E-state index in [1.807, 2.05) is 0 Å². The van der Waals surface area contributed by atoms with Gasteiger partial charge in [0.2, 0.25) is 11.8 Å². The Morgan fingerprint density at radius 2 is 1.15 bits per heavy atom. The van der Waals surface area contributed by atoms with Crippen molar-refractivity contribution in [3.8, 4) is 0 Å². The van der Waals surface area contributed by atoms with Gasteiger partial charge in [0.15, 0.2) is 0 Å². The van der Waals surface area contributed by atoms with Crippen LogP contribution in [0.25, 0.3) is 0 Å². The average molecular weight is 278 g/mol. The minimum absolute atomic E-state index is 0.0747. The second-order valence-corrected chi connectivity index (χ2v) is 5.01. The normalized spacial score (nSPS) is 18.8. The van der Waals surface area contributed by atoms with Crippen molar-refractivity contribution in [1.82, 2.24) is 9.80 Å². The molecule has 0 atom stereocenters. The molecule has 0 radical (unpaired) electrons. The van der Waals surface area contributed by atoms with Gasteiger partial charge in [-0.05, 0) is 12.8 Å². The highest BCUT2D eigenvalue weighted by Crippen LogP contribution is 2.13. The van der Waals surface area contributed by atoms with Gasteiger partial charge in [0.25, 0.3) is 11.8 Å². The number of nitrogens with zero attached hydrogens (tertiary/aromatic N) is 2. The number of unbranched alkanes of at least 4 members (excludes halogenated alkanes) is 3. The van der Waals surface area contributed by atoms with E-state index in [1.165, 1.54) is 22.0 Å². The molecule has 0 aliphatic carbocycles. The van der Waals surface area contributed by atoms with Crippen molar-refractivity contribution in [2.24, 2.45) is 0 Å². The second kappa shape index (κ2) is 6.45. The van der Waals surface area contributed by atoms with E-state index in [9.17, 15) is 19.2 Å². The fraction of sp³-hybridized carbons (Fsp3) is 0.571. The summed E-state index contributed by atoms with van der Waals surface area (Å²) in [7, 11) is 0. The lowest BCUT2D eigenvalue weighted by Gasteiger charge is -2.14. The van der Waals surface area contributed by atoms with Crippen molar-refractivity contribution in [2.45, 2.75) is 38.5 Å². The van der Waals surface area contributed by atoms with Gasteiger partial charge in [-0.25, -0.2) is 0 Å². The van der Waals surface area contributed by atoms with Crippen LogP contribution in [-0.2, 0) is 19.2 Å². The molecule has 6 heteroatoms. The van der Waals surface area contributed by atoms with Gasteiger partial charge in [0, 0.05) is 38.1 Å². The topological polar surface area (TPSA) is 74.8 Å². The first-order valence-electron chi connectivity index (χ1n) is 6.96. The Kier molecular flexibility index (Phi) is 4.65. The molecule has 0 unspecified atom stereocenters. The summed E-state index contributed by atoms with van der Waals surface area (Å²) in [6, 6.07) is 0. The van der Waals surface area contributed by atoms with E-state index in [2.05, 4.69) is 0 Å². The Labute approximate surface area is 117 Å². The number of hydrogen-bond acceptors (Lipinski definition) is 4.